The van der Waals surface area contributed by atoms with Gasteiger partial charge in [0.2, 0.25) is 0 Å². The highest BCUT2D eigenvalue weighted by Gasteiger charge is 2.09. The van der Waals surface area contributed by atoms with Gasteiger partial charge in [-0.2, -0.15) is 0 Å². The number of amides is 1. The first kappa shape index (κ1) is 20.0. The van der Waals surface area contributed by atoms with Crippen LogP contribution in [0.3, 0.4) is 0 Å². The predicted molar refractivity (Wildman–Crippen MR) is 112 cm³/mol. The number of benzene rings is 2. The lowest BCUT2D eigenvalue weighted by Gasteiger charge is -2.07. The highest BCUT2D eigenvalue weighted by molar-refractivity contribution is 6.03. The van der Waals surface area contributed by atoms with E-state index in [2.05, 4.69) is 20.8 Å². The number of hydrogen-bond acceptors (Lipinski definition) is 6. The maximum atomic E-state index is 12.3. The molecule has 0 aliphatic heterocycles. The van der Waals surface area contributed by atoms with Crippen molar-refractivity contribution in [1.82, 2.24) is 10.2 Å². The minimum Gasteiger partial charge on any atom is -0.497 e. The molecule has 0 aliphatic carbocycles. The summed E-state index contributed by atoms with van der Waals surface area (Å²) in [5, 5.41) is 13.9. The van der Waals surface area contributed by atoms with Crippen molar-refractivity contribution in [3.8, 4) is 5.75 Å². The van der Waals surface area contributed by atoms with Gasteiger partial charge in [0.05, 0.1) is 7.11 Å². The van der Waals surface area contributed by atoms with E-state index in [0.717, 1.165) is 12.2 Å². The number of rotatable bonds is 8. The Hall–Kier alpha value is -3.74. The number of carbonyl (C=O) groups is 2. The molecule has 29 heavy (non-hydrogen) atoms. The third kappa shape index (κ3) is 5.62. The quantitative estimate of drug-likeness (QED) is 0.571. The number of Topliss-reactive ketones (excluding diaryl/α,β-unsaturated/α-hetero) is 1. The molecule has 0 fully saturated rings. The molecule has 1 heterocycles. The molecule has 7 heteroatoms. The molecule has 0 atom stereocenters. The molecule has 2 N–H and O–H groups in total. The molecule has 0 aliphatic rings. The molecular weight excluding hydrogens is 368 g/mol. The van der Waals surface area contributed by atoms with Crippen molar-refractivity contribution in [1.29, 1.82) is 0 Å². The van der Waals surface area contributed by atoms with Crippen LogP contribution in [0.2, 0.25) is 0 Å². The van der Waals surface area contributed by atoms with Crippen molar-refractivity contribution < 1.29 is 14.3 Å². The van der Waals surface area contributed by atoms with E-state index < -0.39 is 0 Å². The zero-order valence-electron chi connectivity index (χ0n) is 16.3. The second kappa shape index (κ2) is 9.45. The van der Waals surface area contributed by atoms with Gasteiger partial charge in [-0.1, -0.05) is 12.1 Å². The zero-order chi connectivity index (χ0) is 20.6. The lowest BCUT2D eigenvalue weighted by Crippen LogP contribution is -2.15. The fourth-order valence-electron chi connectivity index (χ4n) is 2.66. The highest BCUT2D eigenvalue weighted by Crippen LogP contribution is 2.13. The molecule has 0 saturated carbocycles. The van der Waals surface area contributed by atoms with E-state index in [4.69, 9.17) is 4.74 Å². The van der Waals surface area contributed by atoms with E-state index in [-0.39, 0.29) is 17.4 Å². The molecule has 1 amide bonds. The Labute approximate surface area is 169 Å². The smallest absolute Gasteiger partial charge is 0.276 e. The van der Waals surface area contributed by atoms with Crippen molar-refractivity contribution in [3.63, 3.8) is 0 Å². The Morgan fingerprint density at radius 2 is 1.66 bits per heavy atom. The third-order valence-electron chi connectivity index (χ3n) is 4.33. The van der Waals surface area contributed by atoms with Crippen LogP contribution in [0.15, 0.2) is 60.7 Å². The van der Waals surface area contributed by atoms with Crippen LogP contribution in [0.4, 0.5) is 11.5 Å². The molecule has 7 nitrogen and oxygen atoms in total. The molecule has 3 rings (SSSR count). The minimum atomic E-state index is -0.363. The first-order chi connectivity index (χ1) is 14.0. The number of nitrogens with zero attached hydrogens (tertiary/aromatic N) is 2. The number of methoxy groups -OCH3 is 1. The van der Waals surface area contributed by atoms with Crippen LogP contribution in [0.1, 0.15) is 33.3 Å². The van der Waals surface area contributed by atoms with Gasteiger partial charge in [-0.3, -0.25) is 9.59 Å². The normalized spacial score (nSPS) is 10.3. The van der Waals surface area contributed by atoms with E-state index in [1.54, 1.807) is 43.5 Å². The fraction of sp³-hybridized carbons (Fsp3) is 0.182. The van der Waals surface area contributed by atoms with Gasteiger partial charge in [0.15, 0.2) is 11.5 Å². The number of aromatic nitrogens is 2. The van der Waals surface area contributed by atoms with E-state index >= 15 is 0 Å². The number of carbonyl (C=O) groups excluding carboxylic acids is 2. The van der Waals surface area contributed by atoms with Gasteiger partial charge < -0.3 is 15.4 Å². The van der Waals surface area contributed by atoms with Crippen LogP contribution in [0.5, 0.6) is 5.75 Å². The summed E-state index contributed by atoms with van der Waals surface area (Å²) in [7, 11) is 1.64. The number of hydrogen-bond donors (Lipinski definition) is 2. The number of ketones is 1. The van der Waals surface area contributed by atoms with Gasteiger partial charge in [0.1, 0.15) is 11.6 Å². The largest absolute Gasteiger partial charge is 0.497 e. The van der Waals surface area contributed by atoms with Crippen LogP contribution in [0, 0.1) is 0 Å². The Balaban J connectivity index is 1.50. The summed E-state index contributed by atoms with van der Waals surface area (Å²) in [5.74, 6) is 1.04. The Kier molecular flexibility index (Phi) is 6.52. The van der Waals surface area contributed by atoms with Crippen LogP contribution in [-0.2, 0) is 6.42 Å². The summed E-state index contributed by atoms with van der Waals surface area (Å²) in [6.07, 6.45) is 0.824. The van der Waals surface area contributed by atoms with E-state index in [1.807, 2.05) is 24.3 Å². The van der Waals surface area contributed by atoms with Gasteiger partial charge in [-0.05, 0) is 67.4 Å². The lowest BCUT2D eigenvalue weighted by atomic mass is 10.1. The molecule has 148 valence electrons. The van der Waals surface area contributed by atoms with Gasteiger partial charge in [-0.25, -0.2) is 0 Å². The molecule has 0 radical (unpaired) electrons. The number of anilines is 2. The average Bonchev–Trinajstić information content (AvgIpc) is 2.75. The molecular formula is C22H22N4O3. The molecule has 0 bridgehead atoms. The maximum absolute atomic E-state index is 12.3. The molecule has 2 aromatic carbocycles. The zero-order valence-corrected chi connectivity index (χ0v) is 16.3. The second-order valence-electron chi connectivity index (χ2n) is 6.42. The summed E-state index contributed by atoms with van der Waals surface area (Å²) in [6.45, 7) is 2.19. The Bertz CT molecular complexity index is 968. The summed E-state index contributed by atoms with van der Waals surface area (Å²) in [5.41, 5.74) is 2.57. The number of ether oxygens (including phenoxy) is 1. The topological polar surface area (TPSA) is 93.2 Å². The first-order valence-corrected chi connectivity index (χ1v) is 9.18. The van der Waals surface area contributed by atoms with Crippen LogP contribution < -0.4 is 15.4 Å². The van der Waals surface area contributed by atoms with Crippen molar-refractivity contribution >= 4 is 23.2 Å². The molecule has 3 aromatic rings. The van der Waals surface area contributed by atoms with Crippen molar-refractivity contribution in [2.24, 2.45) is 0 Å². The average molecular weight is 390 g/mol. The first-order valence-electron chi connectivity index (χ1n) is 9.18. The summed E-state index contributed by atoms with van der Waals surface area (Å²) < 4.78 is 5.15. The van der Waals surface area contributed by atoms with Crippen molar-refractivity contribution in [2.75, 3.05) is 24.3 Å². The van der Waals surface area contributed by atoms with Gasteiger partial charge in [-0.15, -0.1) is 10.2 Å². The highest BCUT2D eigenvalue weighted by atomic mass is 16.5. The van der Waals surface area contributed by atoms with E-state index in [1.165, 1.54) is 12.5 Å². The van der Waals surface area contributed by atoms with Crippen LogP contribution in [-0.4, -0.2) is 35.5 Å². The maximum Gasteiger partial charge on any atom is 0.276 e. The van der Waals surface area contributed by atoms with Gasteiger partial charge >= 0.3 is 0 Å². The van der Waals surface area contributed by atoms with Crippen molar-refractivity contribution in [2.45, 2.75) is 13.3 Å². The third-order valence-corrected chi connectivity index (χ3v) is 4.33. The SMILES string of the molecule is COc1ccc(CCNc2ccc(C(=O)Nc3ccc(C(C)=O)cc3)nn2)cc1. The van der Waals surface area contributed by atoms with Gasteiger partial charge in [0, 0.05) is 17.8 Å². The van der Waals surface area contributed by atoms with Crippen LogP contribution >= 0.6 is 0 Å². The lowest BCUT2D eigenvalue weighted by molar-refractivity contribution is 0.101. The molecule has 0 unspecified atom stereocenters. The standard InChI is InChI=1S/C22H22N4O3/c1-15(27)17-5-7-18(8-6-17)24-22(28)20-11-12-21(26-25-20)23-14-13-16-3-9-19(29-2)10-4-16/h3-12H,13-14H2,1-2H3,(H,23,26)(H,24,28). The number of nitrogens with one attached hydrogen (secondary N) is 2. The summed E-state index contributed by atoms with van der Waals surface area (Å²) in [6, 6.07) is 17.9. The van der Waals surface area contributed by atoms with Crippen LogP contribution in [0.25, 0.3) is 0 Å². The second-order valence-corrected chi connectivity index (χ2v) is 6.42. The fourth-order valence-corrected chi connectivity index (χ4v) is 2.66. The molecule has 0 spiro atoms. The Morgan fingerprint density at radius 1 is 0.931 bits per heavy atom. The summed E-state index contributed by atoms with van der Waals surface area (Å²) >= 11 is 0. The van der Waals surface area contributed by atoms with E-state index in [9.17, 15) is 9.59 Å². The molecule has 1 aromatic heterocycles. The van der Waals surface area contributed by atoms with Gasteiger partial charge in [0.25, 0.3) is 5.91 Å². The monoisotopic (exact) mass is 390 g/mol. The summed E-state index contributed by atoms with van der Waals surface area (Å²) in [4.78, 5) is 23.6. The van der Waals surface area contributed by atoms with Crippen molar-refractivity contribution in [3.05, 3.63) is 77.5 Å². The molecule has 0 saturated heterocycles. The minimum absolute atomic E-state index is 0.0242. The predicted octanol–water partition coefficient (Wildman–Crippen LogP) is 3.59. The van der Waals surface area contributed by atoms with E-state index in [0.29, 0.717) is 23.6 Å². The Morgan fingerprint density at radius 3 is 2.24 bits per heavy atom.